The molecule has 0 radical (unpaired) electrons. The first-order valence-electron chi connectivity index (χ1n) is 8.13. The van der Waals surface area contributed by atoms with E-state index in [-0.39, 0.29) is 0 Å². The summed E-state index contributed by atoms with van der Waals surface area (Å²) < 4.78 is 8.27. The number of aromatic nitrogens is 1. The van der Waals surface area contributed by atoms with E-state index >= 15 is 0 Å². The summed E-state index contributed by atoms with van der Waals surface area (Å²) in [5.74, 6) is 0. The zero-order chi connectivity index (χ0) is 14.8. The molecule has 0 aliphatic rings. The van der Waals surface area contributed by atoms with E-state index in [1.807, 2.05) is 0 Å². The van der Waals surface area contributed by atoms with Gasteiger partial charge in [-0.25, -0.2) is 4.57 Å². The van der Waals surface area contributed by atoms with Gasteiger partial charge in [-0.15, -0.1) is 0 Å². The van der Waals surface area contributed by atoms with Crippen LogP contribution in [-0.4, -0.2) is 8.32 Å². The fraction of sp³-hybridized carbons (Fsp3) is 0.706. The maximum Gasteiger partial charge on any atom is 0.184 e. The summed E-state index contributed by atoms with van der Waals surface area (Å²) in [4.78, 5) is 0. The Labute approximate surface area is 126 Å². The molecule has 0 aromatic carbocycles. The Morgan fingerprint density at radius 3 is 2.45 bits per heavy atom. The minimum atomic E-state index is -1.41. The quantitative estimate of drug-likeness (QED) is 0.347. The Morgan fingerprint density at radius 2 is 1.75 bits per heavy atom. The summed E-state index contributed by atoms with van der Waals surface area (Å²) in [6.07, 6.45) is 12.5. The van der Waals surface area contributed by atoms with Crippen molar-refractivity contribution in [3.05, 3.63) is 30.1 Å². The SMILES string of the molecule is CCCCCCCC[n+]1cccc(CO[Si](C)(C)C)c1. The van der Waals surface area contributed by atoms with Crippen LogP contribution in [0.3, 0.4) is 0 Å². The van der Waals surface area contributed by atoms with Gasteiger partial charge in [0.1, 0.15) is 6.54 Å². The molecule has 0 atom stereocenters. The van der Waals surface area contributed by atoms with Crippen LogP contribution in [0, 0.1) is 0 Å². The number of hydrogen-bond donors (Lipinski definition) is 0. The maximum absolute atomic E-state index is 5.97. The van der Waals surface area contributed by atoms with Crippen LogP contribution in [0.2, 0.25) is 19.6 Å². The van der Waals surface area contributed by atoms with Gasteiger partial charge in [0.05, 0.1) is 6.61 Å². The van der Waals surface area contributed by atoms with Gasteiger partial charge in [-0.2, -0.15) is 0 Å². The first kappa shape index (κ1) is 17.4. The molecule has 1 heterocycles. The van der Waals surface area contributed by atoms with E-state index in [9.17, 15) is 0 Å². The van der Waals surface area contributed by atoms with Crippen molar-refractivity contribution in [2.45, 2.75) is 78.2 Å². The third kappa shape index (κ3) is 8.49. The number of nitrogens with zero attached hydrogens (tertiary/aromatic N) is 1. The average molecular weight is 295 g/mol. The monoisotopic (exact) mass is 294 g/mol. The van der Waals surface area contributed by atoms with Gasteiger partial charge >= 0.3 is 0 Å². The number of hydrogen-bond acceptors (Lipinski definition) is 1. The van der Waals surface area contributed by atoms with Crippen LogP contribution < -0.4 is 4.57 Å². The van der Waals surface area contributed by atoms with Crippen molar-refractivity contribution < 1.29 is 8.99 Å². The Balaban J connectivity index is 2.29. The predicted octanol–water partition coefficient (Wildman–Crippen LogP) is 4.69. The van der Waals surface area contributed by atoms with Crippen LogP contribution >= 0.6 is 0 Å². The maximum atomic E-state index is 5.97. The lowest BCUT2D eigenvalue weighted by Crippen LogP contribution is -2.33. The van der Waals surface area contributed by atoms with E-state index in [0.717, 1.165) is 13.2 Å². The summed E-state index contributed by atoms with van der Waals surface area (Å²) in [6.45, 7) is 10.9. The molecule has 0 amide bonds. The van der Waals surface area contributed by atoms with Gasteiger partial charge in [0, 0.05) is 18.1 Å². The van der Waals surface area contributed by atoms with E-state index in [4.69, 9.17) is 4.43 Å². The first-order valence-corrected chi connectivity index (χ1v) is 11.5. The smallest absolute Gasteiger partial charge is 0.184 e. The highest BCUT2D eigenvalue weighted by Crippen LogP contribution is 2.08. The number of aryl methyl sites for hydroxylation is 1. The van der Waals surface area contributed by atoms with Crippen LogP contribution in [-0.2, 0) is 17.6 Å². The fourth-order valence-electron chi connectivity index (χ4n) is 2.18. The molecule has 0 bridgehead atoms. The van der Waals surface area contributed by atoms with Crippen molar-refractivity contribution in [2.75, 3.05) is 0 Å². The molecule has 0 saturated carbocycles. The summed E-state index contributed by atoms with van der Waals surface area (Å²) in [5.41, 5.74) is 1.29. The summed E-state index contributed by atoms with van der Waals surface area (Å²) in [7, 11) is -1.41. The second-order valence-electron chi connectivity index (χ2n) is 6.62. The lowest BCUT2D eigenvalue weighted by molar-refractivity contribution is -0.697. The summed E-state index contributed by atoms with van der Waals surface area (Å²) in [5, 5.41) is 0. The van der Waals surface area contributed by atoms with Gasteiger partial charge in [0.2, 0.25) is 0 Å². The lowest BCUT2D eigenvalue weighted by atomic mass is 10.1. The van der Waals surface area contributed by atoms with Gasteiger partial charge in [0.25, 0.3) is 0 Å². The summed E-state index contributed by atoms with van der Waals surface area (Å²) in [6, 6.07) is 4.30. The highest BCUT2D eigenvalue weighted by Gasteiger charge is 2.14. The van der Waals surface area contributed by atoms with Crippen molar-refractivity contribution >= 4 is 8.32 Å². The minimum absolute atomic E-state index is 0.757. The highest BCUT2D eigenvalue weighted by atomic mass is 28.4. The zero-order valence-electron chi connectivity index (χ0n) is 13.8. The van der Waals surface area contributed by atoms with Crippen molar-refractivity contribution in [2.24, 2.45) is 0 Å². The molecule has 114 valence electrons. The molecule has 3 heteroatoms. The second-order valence-corrected chi connectivity index (χ2v) is 11.1. The molecule has 0 spiro atoms. The third-order valence-electron chi connectivity index (χ3n) is 3.36. The lowest BCUT2D eigenvalue weighted by Gasteiger charge is -2.16. The molecule has 20 heavy (non-hydrogen) atoms. The van der Waals surface area contributed by atoms with Crippen LogP contribution in [0.25, 0.3) is 0 Å². The number of rotatable bonds is 10. The van der Waals surface area contributed by atoms with Crippen molar-refractivity contribution in [1.82, 2.24) is 0 Å². The van der Waals surface area contributed by atoms with Gasteiger partial charge in [-0.1, -0.05) is 32.6 Å². The fourth-order valence-corrected chi connectivity index (χ4v) is 2.77. The van der Waals surface area contributed by atoms with E-state index in [1.54, 1.807) is 0 Å². The molecule has 0 fully saturated rings. The first-order chi connectivity index (χ1) is 9.51. The Hall–Kier alpha value is -0.673. The molecule has 0 N–H and O–H groups in total. The molecule has 0 saturated heterocycles. The van der Waals surface area contributed by atoms with Gasteiger partial charge in [-0.05, 0) is 32.1 Å². The third-order valence-corrected chi connectivity index (χ3v) is 4.37. The summed E-state index contributed by atoms with van der Waals surface area (Å²) >= 11 is 0. The van der Waals surface area contributed by atoms with Gasteiger partial charge < -0.3 is 4.43 Å². The Bertz CT molecular complexity index is 373. The van der Waals surface area contributed by atoms with Gasteiger partial charge in [0.15, 0.2) is 20.7 Å². The molecule has 2 nitrogen and oxygen atoms in total. The normalized spacial score (nSPS) is 11.8. The Kier molecular flexibility index (Phi) is 8.08. The molecule has 1 aromatic rings. The van der Waals surface area contributed by atoms with E-state index < -0.39 is 8.32 Å². The van der Waals surface area contributed by atoms with Crippen LogP contribution in [0.15, 0.2) is 24.5 Å². The predicted molar refractivity (Wildman–Crippen MR) is 88.1 cm³/mol. The molecular weight excluding hydrogens is 262 g/mol. The van der Waals surface area contributed by atoms with Crippen LogP contribution in [0.5, 0.6) is 0 Å². The number of pyridine rings is 1. The average Bonchev–Trinajstić information content (AvgIpc) is 2.40. The molecule has 1 aromatic heterocycles. The molecule has 0 aliphatic heterocycles. The van der Waals surface area contributed by atoms with Crippen molar-refractivity contribution in [1.29, 1.82) is 0 Å². The van der Waals surface area contributed by atoms with E-state index in [0.29, 0.717) is 0 Å². The largest absolute Gasteiger partial charge is 0.413 e. The molecule has 0 aliphatic carbocycles. The number of unbranched alkanes of at least 4 members (excludes halogenated alkanes) is 5. The molecular formula is C17H32NOSi+. The van der Waals surface area contributed by atoms with E-state index in [2.05, 4.69) is 55.7 Å². The topological polar surface area (TPSA) is 13.1 Å². The standard InChI is InChI=1S/C17H32NOSi/c1-5-6-7-8-9-10-13-18-14-11-12-17(15-18)16-19-20(2,3)4/h11-12,14-15H,5-10,13,16H2,1-4H3/q+1. The van der Waals surface area contributed by atoms with Crippen LogP contribution in [0.1, 0.15) is 51.0 Å². The zero-order valence-corrected chi connectivity index (χ0v) is 14.8. The molecule has 0 unspecified atom stereocenters. The minimum Gasteiger partial charge on any atom is -0.413 e. The second kappa shape index (κ2) is 9.30. The van der Waals surface area contributed by atoms with Gasteiger partial charge in [-0.3, -0.25) is 0 Å². The Morgan fingerprint density at radius 1 is 1.05 bits per heavy atom. The highest BCUT2D eigenvalue weighted by molar-refractivity contribution is 6.69. The molecule has 1 rings (SSSR count). The van der Waals surface area contributed by atoms with E-state index in [1.165, 1.54) is 44.1 Å². The van der Waals surface area contributed by atoms with Crippen LogP contribution in [0.4, 0.5) is 0 Å². The van der Waals surface area contributed by atoms with Crippen molar-refractivity contribution in [3.8, 4) is 0 Å². The van der Waals surface area contributed by atoms with Crippen molar-refractivity contribution in [3.63, 3.8) is 0 Å².